The Kier molecular flexibility index (Phi) is 5.47. The van der Waals surface area contributed by atoms with Gasteiger partial charge in [0.05, 0.1) is 35.1 Å². The Labute approximate surface area is 158 Å². The fraction of sp³-hybridized carbons (Fsp3) is 0.312. The Balaban J connectivity index is 1.92. The maximum Gasteiger partial charge on any atom is 0.307 e. The second-order valence-corrected chi connectivity index (χ2v) is 8.17. The minimum Gasteiger partial charge on any atom is -0.469 e. The summed E-state index contributed by atoms with van der Waals surface area (Å²) in [4.78, 5) is 19.2. The Morgan fingerprint density at radius 2 is 2.29 bits per heavy atom. The van der Waals surface area contributed by atoms with E-state index in [1.54, 1.807) is 17.5 Å². The number of aromatic nitrogens is 1. The molecular weight excluding hydrogens is 410 g/mol. The second kappa shape index (κ2) is 7.58. The number of nitrogens with zero attached hydrogens (tertiary/aromatic N) is 2. The van der Waals surface area contributed by atoms with Gasteiger partial charge in [0.25, 0.3) is 0 Å². The summed E-state index contributed by atoms with van der Waals surface area (Å²) >= 11 is 10.7. The van der Waals surface area contributed by atoms with E-state index in [-0.39, 0.29) is 24.5 Å². The molecule has 1 aliphatic heterocycles. The van der Waals surface area contributed by atoms with E-state index in [4.69, 9.17) is 17.0 Å². The van der Waals surface area contributed by atoms with Crippen molar-refractivity contribution in [3.63, 3.8) is 0 Å². The molecule has 1 N–H and O–H groups in total. The number of hydrogen-bond donors (Lipinski definition) is 1. The SMILES string of the molecule is COC(=O)CCN1C(=S)N[C@@H](c2ccccn2)[C@@H]1c1ccc(Br)s1. The van der Waals surface area contributed by atoms with Crippen molar-refractivity contribution in [2.24, 2.45) is 0 Å². The van der Waals surface area contributed by atoms with Crippen LogP contribution in [-0.4, -0.2) is 34.6 Å². The van der Waals surface area contributed by atoms with Crippen LogP contribution in [0.1, 0.15) is 29.1 Å². The monoisotopic (exact) mass is 425 g/mol. The summed E-state index contributed by atoms with van der Waals surface area (Å²) in [6.07, 6.45) is 2.06. The summed E-state index contributed by atoms with van der Waals surface area (Å²) < 4.78 is 5.81. The number of thiophene rings is 1. The average molecular weight is 426 g/mol. The number of esters is 1. The van der Waals surface area contributed by atoms with Crippen molar-refractivity contribution >= 4 is 50.6 Å². The molecule has 5 nitrogen and oxygen atoms in total. The van der Waals surface area contributed by atoms with Crippen molar-refractivity contribution in [1.82, 2.24) is 15.2 Å². The minimum absolute atomic E-state index is 0.00615. The van der Waals surface area contributed by atoms with Crippen LogP contribution in [0.3, 0.4) is 0 Å². The predicted octanol–water partition coefficient (Wildman–Crippen LogP) is 3.44. The van der Waals surface area contributed by atoms with Crippen LogP contribution in [-0.2, 0) is 9.53 Å². The van der Waals surface area contributed by atoms with Crippen LogP contribution < -0.4 is 5.32 Å². The summed E-state index contributed by atoms with van der Waals surface area (Å²) in [6, 6.07) is 9.88. The van der Waals surface area contributed by atoms with Gasteiger partial charge in [0, 0.05) is 17.6 Å². The zero-order chi connectivity index (χ0) is 17.1. The van der Waals surface area contributed by atoms with Crippen molar-refractivity contribution < 1.29 is 9.53 Å². The Morgan fingerprint density at radius 1 is 1.46 bits per heavy atom. The molecule has 3 rings (SSSR count). The molecule has 1 aliphatic rings. The van der Waals surface area contributed by atoms with Gasteiger partial charge in [-0.1, -0.05) is 6.07 Å². The van der Waals surface area contributed by atoms with Gasteiger partial charge < -0.3 is 15.0 Å². The summed E-state index contributed by atoms with van der Waals surface area (Å²) in [6.45, 7) is 0.502. The molecule has 0 bridgehead atoms. The molecule has 126 valence electrons. The molecular formula is C16H16BrN3O2S2. The van der Waals surface area contributed by atoms with Gasteiger partial charge in [-0.05, 0) is 52.4 Å². The molecule has 0 amide bonds. The largest absolute Gasteiger partial charge is 0.469 e. The molecule has 3 heterocycles. The lowest BCUT2D eigenvalue weighted by Gasteiger charge is -2.26. The van der Waals surface area contributed by atoms with Crippen molar-refractivity contribution in [2.75, 3.05) is 13.7 Å². The number of nitrogens with one attached hydrogen (secondary N) is 1. The molecule has 2 aromatic rings. The highest BCUT2D eigenvalue weighted by molar-refractivity contribution is 9.11. The summed E-state index contributed by atoms with van der Waals surface area (Å²) in [7, 11) is 1.40. The van der Waals surface area contributed by atoms with Crippen LogP contribution >= 0.6 is 39.5 Å². The highest BCUT2D eigenvalue weighted by Crippen LogP contribution is 2.42. The van der Waals surface area contributed by atoms with Crippen LogP contribution in [0.2, 0.25) is 0 Å². The number of ether oxygens (including phenoxy) is 1. The third-order valence-corrected chi connectivity index (χ3v) is 5.91. The molecule has 8 heteroatoms. The van der Waals surface area contributed by atoms with E-state index < -0.39 is 0 Å². The standard InChI is InChI=1S/C16H16BrN3O2S2/c1-22-13(21)7-9-20-15(11-5-6-12(17)24-11)14(19-16(20)23)10-4-2-3-8-18-10/h2-6,8,14-15H,7,9H2,1H3,(H,19,23)/t14-,15-/m0/s1. The van der Waals surface area contributed by atoms with E-state index in [0.29, 0.717) is 11.7 Å². The molecule has 24 heavy (non-hydrogen) atoms. The first-order valence-electron chi connectivity index (χ1n) is 7.40. The van der Waals surface area contributed by atoms with E-state index in [0.717, 1.165) is 14.4 Å². The Bertz CT molecular complexity index is 738. The number of hydrogen-bond acceptors (Lipinski definition) is 5. The number of carbonyl (C=O) groups is 1. The molecule has 0 unspecified atom stereocenters. The first-order valence-corrected chi connectivity index (χ1v) is 9.42. The second-order valence-electron chi connectivity index (χ2n) is 5.29. The summed E-state index contributed by atoms with van der Waals surface area (Å²) in [5.41, 5.74) is 0.926. The number of rotatable bonds is 5. The number of carbonyl (C=O) groups excluding carboxylic acids is 1. The summed E-state index contributed by atoms with van der Waals surface area (Å²) in [5.74, 6) is -0.245. The lowest BCUT2D eigenvalue weighted by Crippen LogP contribution is -2.31. The van der Waals surface area contributed by atoms with Crippen LogP contribution in [0.5, 0.6) is 0 Å². The lowest BCUT2D eigenvalue weighted by molar-refractivity contribution is -0.140. The van der Waals surface area contributed by atoms with Crippen LogP contribution in [0, 0.1) is 0 Å². The average Bonchev–Trinajstić information content (AvgIpc) is 3.16. The van der Waals surface area contributed by atoms with E-state index in [9.17, 15) is 4.79 Å². The maximum atomic E-state index is 11.5. The van der Waals surface area contributed by atoms with Gasteiger partial charge in [0.2, 0.25) is 0 Å². The molecule has 0 saturated carbocycles. The maximum absolute atomic E-state index is 11.5. The van der Waals surface area contributed by atoms with Gasteiger partial charge in [-0.25, -0.2) is 0 Å². The quantitative estimate of drug-likeness (QED) is 0.584. The van der Waals surface area contributed by atoms with Crippen LogP contribution in [0.4, 0.5) is 0 Å². The molecule has 0 aromatic carbocycles. The molecule has 1 saturated heterocycles. The third kappa shape index (κ3) is 3.60. The normalized spacial score (nSPS) is 20.1. The van der Waals surface area contributed by atoms with Gasteiger partial charge in [-0.2, -0.15) is 0 Å². The van der Waals surface area contributed by atoms with Crippen molar-refractivity contribution in [2.45, 2.75) is 18.5 Å². The van der Waals surface area contributed by atoms with E-state index >= 15 is 0 Å². The van der Waals surface area contributed by atoms with Gasteiger partial charge in [-0.15, -0.1) is 11.3 Å². The van der Waals surface area contributed by atoms with Crippen molar-refractivity contribution in [3.8, 4) is 0 Å². The van der Waals surface area contributed by atoms with E-state index in [1.165, 1.54) is 7.11 Å². The van der Waals surface area contributed by atoms with Crippen molar-refractivity contribution in [1.29, 1.82) is 0 Å². The number of pyridine rings is 1. The molecule has 2 atom stereocenters. The topological polar surface area (TPSA) is 54.5 Å². The molecule has 0 radical (unpaired) electrons. The number of methoxy groups -OCH3 is 1. The smallest absolute Gasteiger partial charge is 0.307 e. The minimum atomic E-state index is -0.245. The first-order chi connectivity index (χ1) is 11.6. The summed E-state index contributed by atoms with van der Waals surface area (Å²) in [5, 5.41) is 3.98. The number of halogens is 1. The highest BCUT2D eigenvalue weighted by atomic mass is 79.9. The van der Waals surface area contributed by atoms with Crippen LogP contribution in [0.15, 0.2) is 40.3 Å². The lowest BCUT2D eigenvalue weighted by atomic mass is 10.0. The highest BCUT2D eigenvalue weighted by Gasteiger charge is 2.40. The predicted molar refractivity (Wildman–Crippen MR) is 101 cm³/mol. The van der Waals surface area contributed by atoms with Gasteiger partial charge >= 0.3 is 5.97 Å². The van der Waals surface area contributed by atoms with Gasteiger partial charge in [-0.3, -0.25) is 9.78 Å². The fourth-order valence-corrected chi connectivity index (χ4v) is 4.66. The van der Waals surface area contributed by atoms with Crippen LogP contribution in [0.25, 0.3) is 0 Å². The zero-order valence-corrected chi connectivity index (χ0v) is 16.2. The first kappa shape index (κ1) is 17.3. The Hall–Kier alpha value is -1.51. The molecule has 2 aromatic heterocycles. The van der Waals surface area contributed by atoms with E-state index in [1.807, 2.05) is 29.2 Å². The number of thiocarbonyl (C=S) groups is 1. The molecule has 0 spiro atoms. The molecule has 1 fully saturated rings. The zero-order valence-electron chi connectivity index (χ0n) is 12.9. The van der Waals surface area contributed by atoms with Gasteiger partial charge in [0.1, 0.15) is 0 Å². The van der Waals surface area contributed by atoms with Crippen molar-refractivity contribution in [3.05, 3.63) is 50.9 Å². The fourth-order valence-electron chi connectivity index (χ4n) is 2.76. The molecule has 0 aliphatic carbocycles. The van der Waals surface area contributed by atoms with Gasteiger partial charge in [0.15, 0.2) is 5.11 Å². The van der Waals surface area contributed by atoms with E-state index in [2.05, 4.69) is 32.3 Å². The Morgan fingerprint density at radius 3 is 2.92 bits per heavy atom. The third-order valence-electron chi connectivity index (χ3n) is 3.87.